The average Bonchev–Trinajstić information content (AvgIpc) is 1.60. The molecule has 0 radical (unpaired) electrons. The lowest BCUT2D eigenvalue weighted by Crippen LogP contribution is -2.25. The van der Waals surface area contributed by atoms with E-state index in [1.807, 2.05) is 0 Å². The molecule has 0 aromatic heterocycles. The summed E-state index contributed by atoms with van der Waals surface area (Å²) in [5, 5.41) is 0. The number of hydrogen-bond donors (Lipinski definition) is 0. The quantitative estimate of drug-likeness (QED) is 0.455. The van der Waals surface area contributed by atoms with Crippen LogP contribution in [0.25, 0.3) is 0 Å². The van der Waals surface area contributed by atoms with Crippen molar-refractivity contribution >= 4 is 0 Å². The highest BCUT2D eigenvalue weighted by Crippen LogP contribution is 2.39. The van der Waals surface area contributed by atoms with Gasteiger partial charge in [0, 0.05) is 0 Å². The van der Waals surface area contributed by atoms with E-state index in [9.17, 15) is 0 Å². The van der Waals surface area contributed by atoms with Crippen LogP contribution in [-0.2, 0) is 0 Å². The predicted octanol–water partition coefficient (Wildman–Crippen LogP) is 2.61. The van der Waals surface area contributed by atoms with E-state index in [2.05, 4.69) is 32.9 Å². The van der Waals surface area contributed by atoms with E-state index in [1.165, 1.54) is 6.42 Å². The molecule has 46 valence electrons. The smallest absolute Gasteiger partial charge is 0.00891 e. The Labute approximate surface area is 51.6 Å². The van der Waals surface area contributed by atoms with E-state index in [1.54, 1.807) is 0 Å². The second-order valence-electron chi connectivity index (χ2n) is 3.27. The van der Waals surface area contributed by atoms with E-state index in [0.717, 1.165) is 5.92 Å². The normalized spacial score (nSPS) is 35.5. The summed E-state index contributed by atoms with van der Waals surface area (Å²) in [6, 6.07) is 0. The Morgan fingerprint density at radius 3 is 2.00 bits per heavy atom. The fraction of sp³-hybridized carbons (Fsp3) is 0.750. The summed E-state index contributed by atoms with van der Waals surface area (Å²) >= 11 is 0. The zero-order chi connectivity index (χ0) is 6.20. The van der Waals surface area contributed by atoms with E-state index < -0.39 is 0 Å². The van der Waals surface area contributed by atoms with Gasteiger partial charge in [-0.1, -0.05) is 32.9 Å². The molecule has 0 aromatic carbocycles. The van der Waals surface area contributed by atoms with Gasteiger partial charge in [-0.15, -0.1) is 0 Å². The van der Waals surface area contributed by atoms with E-state index in [4.69, 9.17) is 0 Å². The first kappa shape index (κ1) is 5.87. The van der Waals surface area contributed by atoms with Crippen LogP contribution < -0.4 is 0 Å². The topological polar surface area (TPSA) is 0 Å². The minimum Gasteiger partial charge on any atom is -0.0871 e. The number of allylic oxidation sites excluding steroid dienone is 2. The predicted molar refractivity (Wildman–Crippen MR) is 36.7 cm³/mol. The van der Waals surface area contributed by atoms with Gasteiger partial charge in [-0.3, -0.25) is 0 Å². The summed E-state index contributed by atoms with van der Waals surface area (Å²) in [4.78, 5) is 0. The second kappa shape index (κ2) is 1.61. The second-order valence-corrected chi connectivity index (χ2v) is 3.27. The van der Waals surface area contributed by atoms with Crippen molar-refractivity contribution in [3.05, 3.63) is 12.2 Å². The van der Waals surface area contributed by atoms with Crippen LogP contribution in [0.15, 0.2) is 12.2 Å². The molecule has 1 aliphatic carbocycles. The van der Waals surface area contributed by atoms with Crippen LogP contribution >= 0.6 is 0 Å². The van der Waals surface area contributed by atoms with E-state index >= 15 is 0 Å². The summed E-state index contributed by atoms with van der Waals surface area (Å²) in [6.07, 6.45) is 5.85. The molecule has 1 aliphatic rings. The summed E-state index contributed by atoms with van der Waals surface area (Å²) in [5.41, 5.74) is 0.542. The molecule has 1 rings (SSSR count). The Morgan fingerprint density at radius 2 is 2.00 bits per heavy atom. The first-order valence-corrected chi connectivity index (χ1v) is 3.33. The van der Waals surface area contributed by atoms with Crippen LogP contribution in [0.1, 0.15) is 27.2 Å². The van der Waals surface area contributed by atoms with Gasteiger partial charge in [0.15, 0.2) is 0 Å². The van der Waals surface area contributed by atoms with Crippen molar-refractivity contribution < 1.29 is 0 Å². The van der Waals surface area contributed by atoms with Crippen LogP contribution in [-0.4, -0.2) is 0 Å². The molecule has 8 heavy (non-hydrogen) atoms. The molecule has 1 unspecified atom stereocenters. The molecule has 0 bridgehead atoms. The maximum Gasteiger partial charge on any atom is -0.00891 e. The van der Waals surface area contributed by atoms with Crippen LogP contribution in [0.2, 0.25) is 0 Å². The Kier molecular flexibility index (Phi) is 1.18. The van der Waals surface area contributed by atoms with Gasteiger partial charge in [0.1, 0.15) is 0 Å². The summed E-state index contributed by atoms with van der Waals surface area (Å²) in [6.45, 7) is 6.88. The van der Waals surface area contributed by atoms with Gasteiger partial charge in [0.25, 0.3) is 0 Å². The fourth-order valence-corrected chi connectivity index (χ4v) is 0.918. The van der Waals surface area contributed by atoms with Gasteiger partial charge in [-0.25, -0.2) is 0 Å². The van der Waals surface area contributed by atoms with Crippen LogP contribution in [0, 0.1) is 11.3 Å². The van der Waals surface area contributed by atoms with E-state index in [-0.39, 0.29) is 0 Å². The average molecular weight is 110 g/mol. The van der Waals surface area contributed by atoms with Gasteiger partial charge < -0.3 is 0 Å². The molecule has 0 fully saturated rings. The number of hydrogen-bond acceptors (Lipinski definition) is 0. The van der Waals surface area contributed by atoms with E-state index in [0.29, 0.717) is 5.41 Å². The highest BCUT2D eigenvalue weighted by Gasteiger charge is 2.28. The minimum absolute atomic E-state index is 0.542. The van der Waals surface area contributed by atoms with Crippen molar-refractivity contribution in [1.82, 2.24) is 0 Å². The van der Waals surface area contributed by atoms with Gasteiger partial charge in [0.05, 0.1) is 0 Å². The third-order valence-electron chi connectivity index (χ3n) is 2.38. The third-order valence-corrected chi connectivity index (χ3v) is 2.38. The van der Waals surface area contributed by atoms with Gasteiger partial charge in [0.2, 0.25) is 0 Å². The Morgan fingerprint density at radius 1 is 1.50 bits per heavy atom. The van der Waals surface area contributed by atoms with Crippen molar-refractivity contribution in [2.45, 2.75) is 27.2 Å². The Balaban J connectivity index is 2.56. The third kappa shape index (κ3) is 0.683. The fourth-order valence-electron chi connectivity index (χ4n) is 0.918. The van der Waals surface area contributed by atoms with Crippen LogP contribution in [0.3, 0.4) is 0 Å². The molecular formula is C8H14. The molecule has 0 heterocycles. The molecule has 0 aromatic rings. The van der Waals surface area contributed by atoms with Crippen molar-refractivity contribution in [3.8, 4) is 0 Å². The minimum atomic E-state index is 0.542. The summed E-state index contributed by atoms with van der Waals surface area (Å²) < 4.78 is 0. The summed E-state index contributed by atoms with van der Waals surface area (Å²) in [5.74, 6) is 0.812. The van der Waals surface area contributed by atoms with Gasteiger partial charge >= 0.3 is 0 Å². The molecule has 0 aliphatic heterocycles. The zero-order valence-corrected chi connectivity index (χ0v) is 5.94. The van der Waals surface area contributed by atoms with Gasteiger partial charge in [-0.2, -0.15) is 0 Å². The molecule has 0 N–H and O–H groups in total. The molecular weight excluding hydrogens is 96.1 g/mol. The van der Waals surface area contributed by atoms with Gasteiger partial charge in [-0.05, 0) is 17.8 Å². The largest absolute Gasteiger partial charge is 0.0871 e. The van der Waals surface area contributed by atoms with Crippen LogP contribution in [0.5, 0.6) is 0 Å². The molecule has 0 saturated carbocycles. The van der Waals surface area contributed by atoms with Crippen LogP contribution in [0.4, 0.5) is 0 Å². The molecule has 0 spiro atoms. The molecule has 0 saturated heterocycles. The Bertz CT molecular complexity index is 111. The molecule has 0 heteroatoms. The SMILES string of the molecule is CC(C)C1(C)C=CC1. The lowest BCUT2D eigenvalue weighted by atomic mass is 9.70. The van der Waals surface area contributed by atoms with Crippen molar-refractivity contribution in [2.24, 2.45) is 11.3 Å². The molecule has 0 amide bonds. The maximum absolute atomic E-state index is 2.32. The first-order chi connectivity index (χ1) is 3.65. The zero-order valence-electron chi connectivity index (χ0n) is 5.94. The summed E-state index contributed by atoms with van der Waals surface area (Å²) in [7, 11) is 0. The number of rotatable bonds is 1. The standard InChI is InChI=1S/C8H14/c1-7(2)8(3)5-4-6-8/h4-5,7H,6H2,1-3H3. The molecule has 0 nitrogen and oxygen atoms in total. The first-order valence-electron chi connectivity index (χ1n) is 3.33. The van der Waals surface area contributed by atoms with Crippen molar-refractivity contribution in [1.29, 1.82) is 0 Å². The highest BCUT2D eigenvalue weighted by molar-refractivity contribution is 5.11. The monoisotopic (exact) mass is 110 g/mol. The lowest BCUT2D eigenvalue weighted by Gasteiger charge is -2.35. The van der Waals surface area contributed by atoms with Crippen molar-refractivity contribution in [2.75, 3.05) is 0 Å². The van der Waals surface area contributed by atoms with Crippen molar-refractivity contribution in [3.63, 3.8) is 0 Å². The molecule has 1 atom stereocenters. The lowest BCUT2D eigenvalue weighted by molar-refractivity contribution is 0.272. The maximum atomic E-state index is 2.32. The highest BCUT2D eigenvalue weighted by atomic mass is 14.3. The Hall–Kier alpha value is -0.260.